The molecule has 0 fully saturated rings. The first kappa shape index (κ1) is 23.1. The number of amides is 2. The fraction of sp³-hybridized carbons (Fsp3) is 0.0435. The largest absolute Gasteiger partial charge is 0.321 e. The number of anilines is 1. The third kappa shape index (κ3) is 5.28. The molecule has 3 aromatic carbocycles. The monoisotopic (exact) mass is 493 g/mol. The van der Waals surface area contributed by atoms with Crippen molar-refractivity contribution in [1.82, 2.24) is 25.6 Å². The SMILES string of the molecule is CC(=NNC(=O)c1ccccc1NC(=O)c1ccc(Cl)cc1Cl)c1cccc(-n2cnnn2)c1. The van der Waals surface area contributed by atoms with Crippen LogP contribution in [0.4, 0.5) is 5.69 Å². The van der Waals surface area contributed by atoms with Crippen LogP contribution in [0.3, 0.4) is 0 Å². The van der Waals surface area contributed by atoms with Gasteiger partial charge in [-0.05, 0) is 65.4 Å². The van der Waals surface area contributed by atoms with Gasteiger partial charge in [-0.3, -0.25) is 9.59 Å². The molecule has 0 radical (unpaired) electrons. The summed E-state index contributed by atoms with van der Waals surface area (Å²) in [6, 6.07) is 18.5. The Hall–Kier alpha value is -4.08. The number of halogens is 2. The van der Waals surface area contributed by atoms with Gasteiger partial charge in [-0.1, -0.05) is 47.5 Å². The Morgan fingerprint density at radius 2 is 1.76 bits per heavy atom. The van der Waals surface area contributed by atoms with Gasteiger partial charge in [-0.2, -0.15) is 5.10 Å². The van der Waals surface area contributed by atoms with Crippen molar-refractivity contribution in [2.24, 2.45) is 5.10 Å². The average molecular weight is 494 g/mol. The van der Waals surface area contributed by atoms with Crippen molar-refractivity contribution in [1.29, 1.82) is 0 Å². The van der Waals surface area contributed by atoms with Crippen LogP contribution < -0.4 is 10.7 Å². The van der Waals surface area contributed by atoms with Crippen molar-refractivity contribution in [2.75, 3.05) is 5.32 Å². The molecule has 0 aliphatic carbocycles. The summed E-state index contributed by atoms with van der Waals surface area (Å²) in [5.74, 6) is -0.963. The van der Waals surface area contributed by atoms with E-state index in [0.717, 1.165) is 11.3 Å². The minimum atomic E-state index is -0.492. The summed E-state index contributed by atoms with van der Waals surface area (Å²) < 4.78 is 1.52. The van der Waals surface area contributed by atoms with Crippen LogP contribution in [0, 0.1) is 0 Å². The van der Waals surface area contributed by atoms with Crippen LogP contribution >= 0.6 is 23.2 Å². The van der Waals surface area contributed by atoms with E-state index in [9.17, 15) is 9.59 Å². The molecule has 0 bridgehead atoms. The van der Waals surface area contributed by atoms with E-state index in [-0.39, 0.29) is 16.1 Å². The first-order valence-corrected chi connectivity index (χ1v) is 10.7. The smallest absolute Gasteiger partial charge is 0.273 e. The molecule has 0 aliphatic rings. The van der Waals surface area contributed by atoms with Gasteiger partial charge in [0.1, 0.15) is 6.33 Å². The van der Waals surface area contributed by atoms with Crippen LogP contribution in [0.2, 0.25) is 10.0 Å². The molecule has 170 valence electrons. The highest BCUT2D eigenvalue weighted by molar-refractivity contribution is 6.37. The molecule has 0 atom stereocenters. The molecule has 1 aromatic heterocycles. The minimum Gasteiger partial charge on any atom is -0.321 e. The Morgan fingerprint density at radius 1 is 0.941 bits per heavy atom. The van der Waals surface area contributed by atoms with Crippen molar-refractivity contribution < 1.29 is 9.59 Å². The zero-order valence-electron chi connectivity index (χ0n) is 17.7. The Bertz CT molecular complexity index is 1390. The molecule has 9 nitrogen and oxygen atoms in total. The number of para-hydroxylation sites is 1. The molecule has 0 saturated heterocycles. The van der Waals surface area contributed by atoms with Crippen LogP contribution in [-0.2, 0) is 0 Å². The highest BCUT2D eigenvalue weighted by Gasteiger charge is 2.16. The summed E-state index contributed by atoms with van der Waals surface area (Å²) in [6.45, 7) is 1.76. The van der Waals surface area contributed by atoms with E-state index >= 15 is 0 Å². The number of aromatic nitrogens is 4. The lowest BCUT2D eigenvalue weighted by Crippen LogP contribution is -2.22. The number of hydrogen-bond donors (Lipinski definition) is 2. The quantitative estimate of drug-likeness (QED) is 0.305. The zero-order valence-corrected chi connectivity index (χ0v) is 19.2. The number of nitrogens with zero attached hydrogens (tertiary/aromatic N) is 5. The summed E-state index contributed by atoms with van der Waals surface area (Å²) in [5.41, 5.74) is 5.40. The van der Waals surface area contributed by atoms with Gasteiger partial charge in [0.05, 0.1) is 33.2 Å². The van der Waals surface area contributed by atoms with E-state index in [1.54, 1.807) is 37.3 Å². The second-order valence-electron chi connectivity index (χ2n) is 7.07. The van der Waals surface area contributed by atoms with Gasteiger partial charge in [0.25, 0.3) is 11.8 Å². The topological polar surface area (TPSA) is 114 Å². The fourth-order valence-electron chi connectivity index (χ4n) is 3.07. The molecule has 1 heterocycles. The van der Waals surface area contributed by atoms with Gasteiger partial charge >= 0.3 is 0 Å². The van der Waals surface area contributed by atoms with E-state index in [4.69, 9.17) is 23.2 Å². The molecule has 0 unspecified atom stereocenters. The van der Waals surface area contributed by atoms with Crippen molar-refractivity contribution in [3.05, 3.63) is 99.8 Å². The summed E-state index contributed by atoms with van der Waals surface area (Å²) in [6.07, 6.45) is 1.48. The van der Waals surface area contributed by atoms with Crippen molar-refractivity contribution in [3.8, 4) is 5.69 Å². The lowest BCUT2D eigenvalue weighted by atomic mass is 10.1. The van der Waals surface area contributed by atoms with Gasteiger partial charge in [0.15, 0.2) is 0 Å². The maximum atomic E-state index is 12.8. The lowest BCUT2D eigenvalue weighted by molar-refractivity contribution is 0.0955. The predicted molar refractivity (Wildman–Crippen MR) is 130 cm³/mol. The summed E-state index contributed by atoms with van der Waals surface area (Å²) in [4.78, 5) is 25.5. The number of nitrogens with one attached hydrogen (secondary N) is 2. The molecule has 11 heteroatoms. The van der Waals surface area contributed by atoms with E-state index in [1.165, 1.54) is 23.1 Å². The zero-order chi connectivity index (χ0) is 24.1. The Kier molecular flexibility index (Phi) is 6.95. The molecule has 0 saturated carbocycles. The van der Waals surface area contributed by atoms with Crippen molar-refractivity contribution in [3.63, 3.8) is 0 Å². The normalized spacial score (nSPS) is 11.2. The first-order valence-electron chi connectivity index (χ1n) is 9.96. The minimum absolute atomic E-state index is 0.205. The van der Waals surface area contributed by atoms with Crippen LogP contribution in [0.25, 0.3) is 5.69 Å². The number of carbonyl (C=O) groups is 2. The molecule has 2 N–H and O–H groups in total. The molecule has 0 aliphatic heterocycles. The van der Waals surface area contributed by atoms with Crippen LogP contribution in [0.5, 0.6) is 0 Å². The van der Waals surface area contributed by atoms with E-state index in [0.29, 0.717) is 16.4 Å². The Labute approximate surface area is 204 Å². The third-order valence-corrected chi connectivity index (χ3v) is 5.35. The van der Waals surface area contributed by atoms with Crippen molar-refractivity contribution >= 4 is 46.4 Å². The second kappa shape index (κ2) is 10.2. The molecule has 2 amide bonds. The van der Waals surface area contributed by atoms with Crippen LogP contribution in [0.1, 0.15) is 33.2 Å². The highest BCUT2D eigenvalue weighted by Crippen LogP contribution is 2.23. The van der Waals surface area contributed by atoms with Crippen LogP contribution in [-0.4, -0.2) is 37.7 Å². The number of benzene rings is 3. The number of tetrazole rings is 1. The molecule has 4 aromatic rings. The Morgan fingerprint density at radius 3 is 2.53 bits per heavy atom. The van der Waals surface area contributed by atoms with Gasteiger partial charge in [0, 0.05) is 5.02 Å². The number of hydrogen-bond acceptors (Lipinski definition) is 6. The number of rotatable bonds is 6. The van der Waals surface area contributed by atoms with E-state index in [2.05, 4.69) is 31.4 Å². The lowest BCUT2D eigenvalue weighted by Gasteiger charge is -2.11. The highest BCUT2D eigenvalue weighted by atomic mass is 35.5. The summed E-state index contributed by atoms with van der Waals surface area (Å²) in [7, 11) is 0. The number of hydrazone groups is 1. The first-order chi connectivity index (χ1) is 16.4. The summed E-state index contributed by atoms with van der Waals surface area (Å²) in [5, 5.41) is 18.6. The number of carbonyl (C=O) groups excluding carboxylic acids is 2. The van der Waals surface area contributed by atoms with Crippen molar-refractivity contribution in [2.45, 2.75) is 6.92 Å². The van der Waals surface area contributed by atoms with Gasteiger partial charge < -0.3 is 5.32 Å². The maximum absolute atomic E-state index is 12.8. The Balaban J connectivity index is 1.50. The third-order valence-electron chi connectivity index (χ3n) is 4.80. The van der Waals surface area contributed by atoms with Gasteiger partial charge in [-0.15, -0.1) is 5.10 Å². The van der Waals surface area contributed by atoms with Gasteiger partial charge in [0.2, 0.25) is 0 Å². The van der Waals surface area contributed by atoms with Gasteiger partial charge in [-0.25, -0.2) is 10.1 Å². The standard InChI is InChI=1S/C23H17Cl2N7O2/c1-14(15-5-4-6-17(11-15)32-13-26-30-31-32)28-29-23(34)19-7-2-3-8-21(19)27-22(33)18-10-9-16(24)12-20(18)25/h2-13H,1H3,(H,27,33)(H,29,34). The van der Waals surface area contributed by atoms with Crippen LogP contribution in [0.15, 0.2) is 78.2 Å². The van der Waals surface area contributed by atoms with E-state index in [1.807, 2.05) is 24.3 Å². The maximum Gasteiger partial charge on any atom is 0.273 e. The predicted octanol–water partition coefficient (Wildman–Crippen LogP) is 4.38. The average Bonchev–Trinajstić information content (AvgIpc) is 3.38. The second-order valence-corrected chi connectivity index (χ2v) is 7.91. The molecule has 34 heavy (non-hydrogen) atoms. The molecular formula is C23H17Cl2N7O2. The fourth-order valence-corrected chi connectivity index (χ4v) is 3.56. The molecule has 0 spiro atoms. The summed E-state index contributed by atoms with van der Waals surface area (Å²) >= 11 is 12.0. The molecule has 4 rings (SSSR count). The van der Waals surface area contributed by atoms with E-state index < -0.39 is 11.8 Å². The molecular weight excluding hydrogens is 477 g/mol.